The number of hydrogen-bond donors (Lipinski definition) is 3. The first-order valence-corrected chi connectivity index (χ1v) is 7.82. The summed E-state index contributed by atoms with van der Waals surface area (Å²) in [6, 6.07) is 15.2. The third-order valence-corrected chi connectivity index (χ3v) is 3.63. The summed E-state index contributed by atoms with van der Waals surface area (Å²) in [7, 11) is 0. The van der Waals surface area contributed by atoms with Gasteiger partial charge in [0.05, 0.1) is 16.9 Å². The van der Waals surface area contributed by atoms with E-state index in [4.69, 9.17) is 10.5 Å². The number of carbonyl (C=O) groups is 1. The molecule has 0 unspecified atom stereocenters. The maximum atomic E-state index is 11.7. The average Bonchev–Trinajstić information content (AvgIpc) is 2.61. The lowest BCUT2D eigenvalue weighted by molar-refractivity contribution is 0.0698. The molecule has 0 bridgehead atoms. The van der Waals surface area contributed by atoms with E-state index in [0.29, 0.717) is 5.69 Å². The molecule has 0 spiro atoms. The van der Waals surface area contributed by atoms with E-state index in [1.54, 1.807) is 24.3 Å². The van der Waals surface area contributed by atoms with Crippen LogP contribution >= 0.6 is 0 Å². The normalized spacial score (nSPS) is 9.30. The number of nitrogens with one attached hydrogen (secondary N) is 2. The largest absolute Gasteiger partial charge is 0.478 e. The zero-order chi connectivity index (χ0) is 20.0. The van der Waals surface area contributed by atoms with Crippen molar-refractivity contribution in [3.8, 4) is 18.2 Å². The van der Waals surface area contributed by atoms with Gasteiger partial charge in [0.2, 0.25) is 0 Å². The van der Waals surface area contributed by atoms with Gasteiger partial charge in [0, 0.05) is 5.69 Å². The molecule has 2 aromatic carbocycles. The highest BCUT2D eigenvalue weighted by molar-refractivity contribution is 5.99. The maximum Gasteiger partial charge on any atom is 0.337 e. The van der Waals surface area contributed by atoms with Gasteiger partial charge in [0.1, 0.15) is 23.9 Å². The maximum absolute atomic E-state index is 11.7. The third-order valence-electron chi connectivity index (χ3n) is 3.63. The molecule has 3 N–H and O–H groups in total. The Kier molecular flexibility index (Phi) is 5.79. The van der Waals surface area contributed by atoms with Gasteiger partial charge in [0.15, 0.2) is 5.57 Å². The smallest absolute Gasteiger partial charge is 0.337 e. The van der Waals surface area contributed by atoms with Crippen molar-refractivity contribution in [2.24, 2.45) is 0 Å². The van der Waals surface area contributed by atoms with Gasteiger partial charge in [-0.25, -0.2) is 4.79 Å². The standard InChI is InChI=1S/C20H15N5O2/c1-12-6-13(2)8-15(7-12)24-19-16(20(26)27)4-3-5-17(19)25-18(11-23)14(9-21)10-22/h3-8,24-25H,1-2H3,(H,26,27). The lowest BCUT2D eigenvalue weighted by Crippen LogP contribution is -2.08. The molecule has 0 heterocycles. The molecule has 0 aliphatic rings. The van der Waals surface area contributed by atoms with Crippen LogP contribution in [-0.2, 0) is 0 Å². The van der Waals surface area contributed by atoms with Gasteiger partial charge in [0.25, 0.3) is 0 Å². The Balaban J connectivity index is 2.60. The topological polar surface area (TPSA) is 133 Å². The van der Waals surface area contributed by atoms with Gasteiger partial charge in [-0.3, -0.25) is 0 Å². The summed E-state index contributed by atoms with van der Waals surface area (Å²) in [4.78, 5) is 11.7. The molecule has 0 radical (unpaired) electrons. The highest BCUT2D eigenvalue weighted by Gasteiger charge is 2.17. The minimum Gasteiger partial charge on any atom is -0.478 e. The molecular weight excluding hydrogens is 342 g/mol. The van der Waals surface area contributed by atoms with Crippen LogP contribution in [0, 0.1) is 47.8 Å². The Morgan fingerprint density at radius 3 is 2.15 bits per heavy atom. The monoisotopic (exact) mass is 357 g/mol. The highest BCUT2D eigenvalue weighted by Crippen LogP contribution is 2.31. The fourth-order valence-corrected chi connectivity index (χ4v) is 2.58. The molecule has 0 aromatic heterocycles. The number of rotatable bonds is 5. The number of para-hydroxylation sites is 1. The summed E-state index contributed by atoms with van der Waals surface area (Å²) in [5.74, 6) is -1.16. The lowest BCUT2D eigenvalue weighted by Gasteiger charge is -2.16. The lowest BCUT2D eigenvalue weighted by atomic mass is 10.1. The number of carboxylic acid groups (broad SMARTS) is 1. The second-order valence-corrected chi connectivity index (χ2v) is 5.75. The van der Waals surface area contributed by atoms with Crippen LogP contribution in [0.3, 0.4) is 0 Å². The Morgan fingerprint density at radius 1 is 1.00 bits per heavy atom. The van der Waals surface area contributed by atoms with Gasteiger partial charge < -0.3 is 15.7 Å². The molecule has 7 heteroatoms. The summed E-state index contributed by atoms with van der Waals surface area (Å²) >= 11 is 0. The second-order valence-electron chi connectivity index (χ2n) is 5.75. The number of hydrogen-bond acceptors (Lipinski definition) is 6. The van der Waals surface area contributed by atoms with Crippen LogP contribution in [-0.4, -0.2) is 11.1 Å². The molecule has 7 nitrogen and oxygen atoms in total. The average molecular weight is 357 g/mol. The van der Waals surface area contributed by atoms with E-state index in [0.717, 1.165) is 11.1 Å². The first-order valence-electron chi connectivity index (χ1n) is 7.82. The first kappa shape index (κ1) is 19.1. The molecular formula is C20H15N5O2. The van der Waals surface area contributed by atoms with Gasteiger partial charge >= 0.3 is 5.97 Å². The van der Waals surface area contributed by atoms with E-state index in [2.05, 4.69) is 10.6 Å². The summed E-state index contributed by atoms with van der Waals surface area (Å²) in [6.45, 7) is 3.84. The number of nitriles is 3. The number of aromatic carboxylic acids is 1. The molecule has 0 saturated heterocycles. The van der Waals surface area contributed by atoms with E-state index in [9.17, 15) is 15.2 Å². The third kappa shape index (κ3) is 4.42. The Morgan fingerprint density at radius 2 is 1.63 bits per heavy atom. The first-order chi connectivity index (χ1) is 12.9. The van der Waals surface area contributed by atoms with Crippen LogP contribution in [0.15, 0.2) is 47.7 Å². The molecule has 2 rings (SSSR count). The number of carboxylic acids is 1. The Hall–Kier alpha value is -4.28. The van der Waals surface area contributed by atoms with Crippen LogP contribution in [0.25, 0.3) is 0 Å². The minimum atomic E-state index is -1.16. The van der Waals surface area contributed by atoms with Crippen molar-refractivity contribution >= 4 is 23.0 Å². The molecule has 132 valence electrons. The molecule has 0 amide bonds. The minimum absolute atomic E-state index is 0.0214. The molecule has 0 saturated carbocycles. The van der Waals surface area contributed by atoms with Gasteiger partial charge in [-0.1, -0.05) is 12.1 Å². The van der Waals surface area contributed by atoms with Crippen LogP contribution in [0.4, 0.5) is 17.1 Å². The predicted octanol–water partition coefficient (Wildman–Crippen LogP) is 3.98. The number of nitrogens with zero attached hydrogens (tertiary/aromatic N) is 3. The zero-order valence-corrected chi connectivity index (χ0v) is 14.7. The van der Waals surface area contributed by atoms with Gasteiger partial charge in [-0.05, 0) is 49.2 Å². The van der Waals surface area contributed by atoms with E-state index in [1.807, 2.05) is 32.0 Å². The van der Waals surface area contributed by atoms with Crippen LogP contribution in [0.5, 0.6) is 0 Å². The SMILES string of the molecule is Cc1cc(C)cc(Nc2c(NC(C#N)=C(C#N)C#N)cccc2C(=O)O)c1. The van der Waals surface area contributed by atoms with Crippen LogP contribution in [0.1, 0.15) is 21.5 Å². The van der Waals surface area contributed by atoms with E-state index in [1.165, 1.54) is 12.1 Å². The summed E-state index contributed by atoms with van der Waals surface area (Å²) in [5, 5.41) is 42.5. The fraction of sp³-hybridized carbons (Fsp3) is 0.100. The fourth-order valence-electron chi connectivity index (χ4n) is 2.58. The molecule has 0 aliphatic heterocycles. The van der Waals surface area contributed by atoms with Crippen molar-refractivity contribution in [2.45, 2.75) is 13.8 Å². The van der Waals surface area contributed by atoms with Gasteiger partial charge in [-0.15, -0.1) is 0 Å². The van der Waals surface area contributed by atoms with E-state index in [-0.39, 0.29) is 22.6 Å². The van der Waals surface area contributed by atoms with Crippen molar-refractivity contribution in [1.82, 2.24) is 0 Å². The summed E-state index contributed by atoms with van der Waals surface area (Å²) in [5.41, 5.74) is 2.47. The Bertz CT molecular complexity index is 1030. The van der Waals surface area contributed by atoms with E-state index < -0.39 is 11.5 Å². The van der Waals surface area contributed by atoms with Crippen LogP contribution < -0.4 is 10.6 Å². The van der Waals surface area contributed by atoms with E-state index >= 15 is 0 Å². The zero-order valence-electron chi connectivity index (χ0n) is 14.7. The number of anilines is 3. The van der Waals surface area contributed by atoms with Crippen molar-refractivity contribution in [1.29, 1.82) is 15.8 Å². The van der Waals surface area contributed by atoms with Crippen molar-refractivity contribution < 1.29 is 9.90 Å². The molecule has 27 heavy (non-hydrogen) atoms. The number of benzene rings is 2. The summed E-state index contributed by atoms with van der Waals surface area (Å²) < 4.78 is 0. The van der Waals surface area contributed by atoms with Gasteiger partial charge in [-0.2, -0.15) is 15.8 Å². The van der Waals surface area contributed by atoms with Crippen LogP contribution in [0.2, 0.25) is 0 Å². The number of allylic oxidation sites excluding steroid dienone is 2. The molecule has 0 atom stereocenters. The molecule has 2 aromatic rings. The van der Waals surface area contributed by atoms with Crippen molar-refractivity contribution in [3.63, 3.8) is 0 Å². The Labute approximate surface area is 156 Å². The number of aryl methyl sites for hydroxylation is 2. The van der Waals surface area contributed by atoms with Crippen molar-refractivity contribution in [2.75, 3.05) is 10.6 Å². The summed E-state index contributed by atoms with van der Waals surface area (Å²) in [6.07, 6.45) is 0. The molecule has 0 fully saturated rings. The molecule has 0 aliphatic carbocycles. The second kappa shape index (κ2) is 8.20. The van der Waals surface area contributed by atoms with Crippen molar-refractivity contribution in [3.05, 3.63) is 64.4 Å². The predicted molar refractivity (Wildman–Crippen MR) is 100 cm³/mol. The quantitative estimate of drug-likeness (QED) is 0.689. The highest BCUT2D eigenvalue weighted by atomic mass is 16.4.